The van der Waals surface area contributed by atoms with E-state index in [1.807, 2.05) is 0 Å². The molecule has 0 aliphatic rings. The summed E-state index contributed by atoms with van der Waals surface area (Å²) in [7, 11) is 0. The van der Waals surface area contributed by atoms with Crippen LogP contribution in [0.1, 0.15) is 65.0 Å². The SMILES string of the molecule is C[C@H](CC(=O)OC(C)(C)C)C(=O)O[C@H](C)[C@H](C)c1ccc(F)cc1C(F)(F)F. The fraction of sp³-hybridized carbons (Fsp3) is 0.600. The van der Waals surface area contributed by atoms with Crippen LogP contribution in [0.5, 0.6) is 0 Å². The van der Waals surface area contributed by atoms with Crippen LogP contribution in [-0.4, -0.2) is 23.6 Å². The Balaban J connectivity index is 2.84. The van der Waals surface area contributed by atoms with Gasteiger partial charge in [-0.15, -0.1) is 0 Å². The topological polar surface area (TPSA) is 52.6 Å². The van der Waals surface area contributed by atoms with Crippen molar-refractivity contribution in [1.29, 1.82) is 0 Å². The van der Waals surface area contributed by atoms with Crippen molar-refractivity contribution in [1.82, 2.24) is 0 Å². The van der Waals surface area contributed by atoms with E-state index in [1.165, 1.54) is 20.8 Å². The molecule has 158 valence electrons. The summed E-state index contributed by atoms with van der Waals surface area (Å²) in [6.45, 7) is 9.46. The van der Waals surface area contributed by atoms with Gasteiger partial charge in [0.25, 0.3) is 0 Å². The number of esters is 2. The van der Waals surface area contributed by atoms with Crippen molar-refractivity contribution in [3.8, 4) is 0 Å². The summed E-state index contributed by atoms with van der Waals surface area (Å²) in [5.41, 5.74) is -1.97. The molecular formula is C20H26F4O4. The number of hydrogen-bond donors (Lipinski definition) is 0. The maximum absolute atomic E-state index is 13.3. The maximum atomic E-state index is 13.3. The van der Waals surface area contributed by atoms with Gasteiger partial charge in [0, 0.05) is 5.92 Å². The van der Waals surface area contributed by atoms with Crippen LogP contribution in [0.3, 0.4) is 0 Å². The average molecular weight is 406 g/mol. The van der Waals surface area contributed by atoms with E-state index in [0.717, 1.165) is 12.1 Å². The standard InChI is InChI=1S/C20H26F4O4/c1-11(9-17(25)28-19(4,5)6)18(26)27-13(3)12(2)15-8-7-14(21)10-16(15)20(22,23)24/h7-8,10-13H,9H2,1-6H3/t11-,12+,13-/m1/s1. The van der Waals surface area contributed by atoms with E-state index in [9.17, 15) is 27.2 Å². The molecule has 0 aromatic heterocycles. The van der Waals surface area contributed by atoms with Crippen molar-refractivity contribution in [2.75, 3.05) is 0 Å². The molecule has 0 amide bonds. The van der Waals surface area contributed by atoms with Crippen LogP contribution >= 0.6 is 0 Å². The number of rotatable bonds is 6. The number of ether oxygens (including phenoxy) is 2. The van der Waals surface area contributed by atoms with Gasteiger partial charge in [-0.1, -0.05) is 19.9 Å². The lowest BCUT2D eigenvalue weighted by Gasteiger charge is -2.25. The molecule has 0 aliphatic carbocycles. The first-order valence-electron chi connectivity index (χ1n) is 8.90. The van der Waals surface area contributed by atoms with E-state index in [1.54, 1.807) is 20.8 Å². The molecule has 1 rings (SSSR count). The third-order valence-electron chi connectivity index (χ3n) is 4.11. The highest BCUT2D eigenvalue weighted by atomic mass is 19.4. The molecule has 8 heteroatoms. The minimum Gasteiger partial charge on any atom is -0.462 e. The van der Waals surface area contributed by atoms with Crippen LogP contribution < -0.4 is 0 Å². The van der Waals surface area contributed by atoms with Gasteiger partial charge in [0.1, 0.15) is 17.5 Å². The molecule has 0 saturated heterocycles. The van der Waals surface area contributed by atoms with Gasteiger partial charge >= 0.3 is 18.1 Å². The lowest BCUT2D eigenvalue weighted by Crippen LogP contribution is -2.29. The van der Waals surface area contributed by atoms with Crippen molar-refractivity contribution in [2.45, 2.75) is 71.8 Å². The zero-order chi connectivity index (χ0) is 21.9. The molecule has 3 atom stereocenters. The number of hydrogen-bond acceptors (Lipinski definition) is 4. The van der Waals surface area contributed by atoms with Gasteiger partial charge in [-0.3, -0.25) is 9.59 Å². The number of carbonyl (C=O) groups is 2. The molecular weight excluding hydrogens is 380 g/mol. The van der Waals surface area contributed by atoms with Gasteiger partial charge in [0.05, 0.1) is 17.9 Å². The molecule has 4 nitrogen and oxygen atoms in total. The van der Waals surface area contributed by atoms with E-state index in [4.69, 9.17) is 9.47 Å². The third-order valence-corrected chi connectivity index (χ3v) is 4.11. The summed E-state index contributed by atoms with van der Waals surface area (Å²) < 4.78 is 63.2. The van der Waals surface area contributed by atoms with Crippen LogP contribution in [0.25, 0.3) is 0 Å². The molecule has 28 heavy (non-hydrogen) atoms. The lowest BCUT2D eigenvalue weighted by atomic mass is 9.91. The summed E-state index contributed by atoms with van der Waals surface area (Å²) in [6, 6.07) is 2.39. The van der Waals surface area contributed by atoms with Crippen molar-refractivity contribution in [3.63, 3.8) is 0 Å². The molecule has 0 aliphatic heterocycles. The Morgan fingerprint density at radius 2 is 1.64 bits per heavy atom. The summed E-state index contributed by atoms with van der Waals surface area (Å²) in [5, 5.41) is 0. The normalized spacial score (nSPS) is 15.5. The quantitative estimate of drug-likeness (QED) is 0.478. The Morgan fingerprint density at radius 1 is 1.07 bits per heavy atom. The fourth-order valence-electron chi connectivity index (χ4n) is 2.54. The van der Waals surface area contributed by atoms with Crippen LogP contribution in [0.4, 0.5) is 17.6 Å². The minimum atomic E-state index is -4.74. The molecule has 0 bridgehead atoms. The zero-order valence-electron chi connectivity index (χ0n) is 16.8. The van der Waals surface area contributed by atoms with Gasteiger partial charge in [0.2, 0.25) is 0 Å². The number of halogens is 4. The van der Waals surface area contributed by atoms with E-state index in [-0.39, 0.29) is 12.0 Å². The maximum Gasteiger partial charge on any atom is 0.416 e. The summed E-state index contributed by atoms with van der Waals surface area (Å²) >= 11 is 0. The van der Waals surface area contributed by atoms with Crippen molar-refractivity contribution >= 4 is 11.9 Å². The van der Waals surface area contributed by atoms with E-state index in [0.29, 0.717) is 6.07 Å². The zero-order valence-corrected chi connectivity index (χ0v) is 16.8. The van der Waals surface area contributed by atoms with Crippen LogP contribution in [-0.2, 0) is 25.2 Å². The molecule has 0 unspecified atom stereocenters. The summed E-state index contributed by atoms with van der Waals surface area (Å²) in [5.74, 6) is -3.95. The predicted molar refractivity (Wildman–Crippen MR) is 95.0 cm³/mol. The van der Waals surface area contributed by atoms with Crippen LogP contribution in [0, 0.1) is 11.7 Å². The van der Waals surface area contributed by atoms with Crippen molar-refractivity contribution < 1.29 is 36.6 Å². The van der Waals surface area contributed by atoms with Gasteiger partial charge in [-0.05, 0) is 45.4 Å². The molecule has 1 aromatic carbocycles. The Bertz CT molecular complexity index is 707. The molecule has 0 spiro atoms. The lowest BCUT2D eigenvalue weighted by molar-refractivity contribution is -0.163. The van der Waals surface area contributed by atoms with E-state index >= 15 is 0 Å². The first-order chi connectivity index (χ1) is 12.6. The average Bonchev–Trinajstić information content (AvgIpc) is 2.51. The summed E-state index contributed by atoms with van der Waals surface area (Å²) in [6.07, 6.45) is -5.86. The predicted octanol–water partition coefficient (Wildman–Crippen LogP) is 5.25. The second kappa shape index (κ2) is 8.92. The van der Waals surface area contributed by atoms with Gasteiger partial charge < -0.3 is 9.47 Å². The molecule has 1 aromatic rings. The van der Waals surface area contributed by atoms with E-state index < -0.39 is 53.0 Å². The number of alkyl halides is 3. The second-order valence-electron chi connectivity index (χ2n) is 7.85. The van der Waals surface area contributed by atoms with Crippen LogP contribution in [0.2, 0.25) is 0 Å². The monoisotopic (exact) mass is 406 g/mol. The van der Waals surface area contributed by atoms with E-state index in [2.05, 4.69) is 0 Å². The first kappa shape index (κ1) is 23.9. The molecule has 0 fully saturated rings. The van der Waals surface area contributed by atoms with Gasteiger partial charge in [-0.2, -0.15) is 13.2 Å². The first-order valence-corrected chi connectivity index (χ1v) is 8.90. The fourth-order valence-corrected chi connectivity index (χ4v) is 2.54. The van der Waals surface area contributed by atoms with Gasteiger partial charge in [0.15, 0.2) is 0 Å². The third kappa shape index (κ3) is 7.13. The van der Waals surface area contributed by atoms with Crippen molar-refractivity contribution in [3.05, 3.63) is 35.1 Å². The van der Waals surface area contributed by atoms with Gasteiger partial charge in [-0.25, -0.2) is 4.39 Å². The second-order valence-corrected chi connectivity index (χ2v) is 7.85. The molecule has 0 saturated carbocycles. The Labute approximate surface area is 162 Å². The summed E-state index contributed by atoms with van der Waals surface area (Å²) in [4.78, 5) is 24.0. The highest BCUT2D eigenvalue weighted by molar-refractivity contribution is 5.80. The Morgan fingerprint density at radius 3 is 2.14 bits per heavy atom. The number of carbonyl (C=O) groups excluding carboxylic acids is 2. The van der Waals surface area contributed by atoms with Crippen LogP contribution in [0.15, 0.2) is 18.2 Å². The number of benzene rings is 1. The smallest absolute Gasteiger partial charge is 0.416 e. The Kier molecular flexibility index (Phi) is 7.62. The molecule has 0 N–H and O–H groups in total. The molecule has 0 heterocycles. The highest BCUT2D eigenvalue weighted by Gasteiger charge is 2.36. The largest absolute Gasteiger partial charge is 0.462 e. The molecule has 0 radical (unpaired) electrons. The Hall–Kier alpha value is -2.12. The minimum absolute atomic E-state index is 0.172. The van der Waals surface area contributed by atoms with Crippen molar-refractivity contribution in [2.24, 2.45) is 5.92 Å². The highest BCUT2D eigenvalue weighted by Crippen LogP contribution is 2.37.